The number of hydrogen-bond donors (Lipinski definition) is 0. The van der Waals surface area contributed by atoms with Crippen molar-refractivity contribution in [3.05, 3.63) is 16.9 Å². The van der Waals surface area contributed by atoms with Gasteiger partial charge in [-0.3, -0.25) is 0 Å². The summed E-state index contributed by atoms with van der Waals surface area (Å²) >= 11 is 5.88. The molecule has 1 aromatic heterocycles. The molecule has 1 aromatic rings. The van der Waals surface area contributed by atoms with Crippen LogP contribution < -0.4 is 0 Å². The fourth-order valence-electron chi connectivity index (χ4n) is 1.35. The maximum Gasteiger partial charge on any atom is 0.342 e. The summed E-state index contributed by atoms with van der Waals surface area (Å²) in [6.45, 7) is 9.92. The Labute approximate surface area is 119 Å². The van der Waals surface area contributed by atoms with E-state index in [-0.39, 0.29) is 10.7 Å². The molecule has 0 N–H and O–H groups in total. The highest BCUT2D eigenvalue weighted by Gasteiger charge is 2.16. The maximum absolute atomic E-state index is 11.5. The van der Waals surface area contributed by atoms with E-state index in [0.717, 1.165) is 6.04 Å². The molecule has 0 fully saturated rings. The molecule has 1 rings (SSSR count). The molecule has 5 nitrogen and oxygen atoms in total. The standard InChI is InChI=1S/C12H21ClN2O3Si/c1-5-18-12(16)10-8-15(14-11(10)13)9-17-6-7-19(2,3)4/h8H,5-7,9H2,1-4H3. The average Bonchev–Trinajstić information content (AvgIpc) is 2.65. The molecule has 0 spiro atoms. The molecule has 0 amide bonds. The van der Waals surface area contributed by atoms with Crippen molar-refractivity contribution in [2.24, 2.45) is 0 Å². The van der Waals surface area contributed by atoms with Crippen LogP contribution in [0.25, 0.3) is 0 Å². The molecular formula is C12H21ClN2O3Si. The average molecular weight is 305 g/mol. The number of carbonyl (C=O) groups is 1. The minimum absolute atomic E-state index is 0.146. The lowest BCUT2D eigenvalue weighted by Gasteiger charge is -2.15. The minimum atomic E-state index is -1.08. The Morgan fingerprint density at radius 2 is 2.16 bits per heavy atom. The van der Waals surface area contributed by atoms with Crippen LogP contribution in [0.2, 0.25) is 30.8 Å². The molecule has 108 valence electrons. The van der Waals surface area contributed by atoms with Crippen LogP contribution in [0.1, 0.15) is 17.3 Å². The molecular weight excluding hydrogens is 284 g/mol. The van der Waals surface area contributed by atoms with Crippen LogP contribution in [-0.2, 0) is 16.2 Å². The molecule has 0 atom stereocenters. The normalized spacial score (nSPS) is 11.6. The van der Waals surface area contributed by atoms with E-state index in [1.807, 2.05) is 0 Å². The number of halogens is 1. The predicted octanol–water partition coefficient (Wildman–Crippen LogP) is 3.03. The molecule has 0 unspecified atom stereocenters. The van der Waals surface area contributed by atoms with Crippen LogP contribution in [0.4, 0.5) is 0 Å². The second-order valence-corrected chi connectivity index (χ2v) is 11.4. The summed E-state index contributed by atoms with van der Waals surface area (Å²) in [4.78, 5) is 11.5. The highest BCUT2D eigenvalue weighted by atomic mass is 35.5. The van der Waals surface area contributed by atoms with Crippen LogP contribution in [-0.4, -0.2) is 37.0 Å². The van der Waals surface area contributed by atoms with Gasteiger partial charge in [-0.15, -0.1) is 0 Å². The zero-order valence-corrected chi connectivity index (χ0v) is 13.7. The molecule has 0 saturated heterocycles. The first kappa shape index (κ1) is 16.2. The van der Waals surface area contributed by atoms with E-state index in [1.54, 1.807) is 13.1 Å². The summed E-state index contributed by atoms with van der Waals surface area (Å²) in [5.41, 5.74) is 0.275. The zero-order chi connectivity index (χ0) is 14.5. The van der Waals surface area contributed by atoms with Crippen LogP contribution in [0.5, 0.6) is 0 Å². The zero-order valence-electron chi connectivity index (χ0n) is 11.9. The third-order valence-electron chi connectivity index (χ3n) is 2.43. The van der Waals surface area contributed by atoms with E-state index >= 15 is 0 Å². The van der Waals surface area contributed by atoms with Gasteiger partial charge in [0.15, 0.2) is 5.15 Å². The lowest BCUT2D eigenvalue weighted by Crippen LogP contribution is -2.22. The number of nitrogens with zero attached hydrogens (tertiary/aromatic N) is 2. The smallest absolute Gasteiger partial charge is 0.342 e. The Kier molecular flexibility index (Phi) is 6.03. The van der Waals surface area contributed by atoms with E-state index in [0.29, 0.717) is 19.9 Å². The molecule has 0 aromatic carbocycles. The van der Waals surface area contributed by atoms with Crippen LogP contribution in [0.3, 0.4) is 0 Å². The molecule has 0 aliphatic carbocycles. The van der Waals surface area contributed by atoms with Gasteiger partial charge in [0.2, 0.25) is 0 Å². The van der Waals surface area contributed by atoms with Gasteiger partial charge in [0, 0.05) is 20.9 Å². The van der Waals surface area contributed by atoms with E-state index in [9.17, 15) is 4.79 Å². The summed E-state index contributed by atoms with van der Waals surface area (Å²) in [6, 6.07) is 1.09. The van der Waals surface area contributed by atoms with Gasteiger partial charge in [0.1, 0.15) is 12.3 Å². The van der Waals surface area contributed by atoms with Gasteiger partial charge in [-0.1, -0.05) is 31.2 Å². The van der Waals surface area contributed by atoms with Crippen molar-refractivity contribution in [2.45, 2.75) is 39.3 Å². The number of ether oxygens (including phenoxy) is 2. The van der Waals surface area contributed by atoms with Gasteiger partial charge in [-0.2, -0.15) is 5.10 Å². The van der Waals surface area contributed by atoms with Gasteiger partial charge < -0.3 is 9.47 Å². The van der Waals surface area contributed by atoms with Crippen molar-refractivity contribution in [3.63, 3.8) is 0 Å². The van der Waals surface area contributed by atoms with Crippen molar-refractivity contribution >= 4 is 25.6 Å². The largest absolute Gasteiger partial charge is 0.462 e. The Morgan fingerprint density at radius 1 is 1.47 bits per heavy atom. The van der Waals surface area contributed by atoms with Gasteiger partial charge >= 0.3 is 5.97 Å². The number of aromatic nitrogens is 2. The maximum atomic E-state index is 11.5. The minimum Gasteiger partial charge on any atom is -0.462 e. The van der Waals surface area contributed by atoms with Crippen molar-refractivity contribution < 1.29 is 14.3 Å². The second-order valence-electron chi connectivity index (χ2n) is 5.44. The van der Waals surface area contributed by atoms with Gasteiger partial charge in [-0.05, 0) is 13.0 Å². The van der Waals surface area contributed by atoms with Crippen LogP contribution in [0, 0.1) is 0 Å². The number of rotatable bonds is 7. The Balaban J connectivity index is 2.48. The highest BCUT2D eigenvalue weighted by molar-refractivity contribution is 6.76. The summed E-state index contributed by atoms with van der Waals surface area (Å²) in [7, 11) is -1.08. The van der Waals surface area contributed by atoms with E-state index in [1.165, 1.54) is 4.68 Å². The van der Waals surface area contributed by atoms with Crippen molar-refractivity contribution in [1.82, 2.24) is 9.78 Å². The first-order chi connectivity index (χ1) is 8.83. The Hall–Kier alpha value is -0.853. The molecule has 19 heavy (non-hydrogen) atoms. The number of esters is 1. The van der Waals surface area contributed by atoms with Gasteiger partial charge in [0.05, 0.1) is 6.61 Å². The second kappa shape index (κ2) is 7.07. The van der Waals surface area contributed by atoms with E-state index in [2.05, 4.69) is 24.7 Å². The Bertz CT molecular complexity index is 429. The van der Waals surface area contributed by atoms with Crippen molar-refractivity contribution in [2.75, 3.05) is 13.2 Å². The van der Waals surface area contributed by atoms with Crippen LogP contribution in [0.15, 0.2) is 6.20 Å². The lowest BCUT2D eigenvalue weighted by molar-refractivity contribution is 0.0525. The third kappa shape index (κ3) is 5.75. The monoisotopic (exact) mass is 304 g/mol. The fraction of sp³-hybridized carbons (Fsp3) is 0.667. The number of carbonyl (C=O) groups excluding carboxylic acids is 1. The lowest BCUT2D eigenvalue weighted by atomic mass is 10.4. The molecule has 0 aliphatic rings. The van der Waals surface area contributed by atoms with Crippen molar-refractivity contribution in [3.8, 4) is 0 Å². The van der Waals surface area contributed by atoms with Gasteiger partial charge in [0.25, 0.3) is 0 Å². The topological polar surface area (TPSA) is 53.4 Å². The summed E-state index contributed by atoms with van der Waals surface area (Å²) < 4.78 is 11.9. The van der Waals surface area contributed by atoms with Crippen LogP contribution >= 0.6 is 11.6 Å². The third-order valence-corrected chi connectivity index (χ3v) is 4.42. The predicted molar refractivity (Wildman–Crippen MR) is 77.3 cm³/mol. The summed E-state index contributed by atoms with van der Waals surface area (Å²) in [5, 5.41) is 4.16. The number of hydrogen-bond acceptors (Lipinski definition) is 4. The van der Waals surface area contributed by atoms with E-state index < -0.39 is 14.0 Å². The fourth-order valence-corrected chi connectivity index (χ4v) is 2.33. The quantitative estimate of drug-likeness (QED) is 0.441. The molecule has 0 bridgehead atoms. The molecule has 0 radical (unpaired) electrons. The molecule has 0 saturated carbocycles. The van der Waals surface area contributed by atoms with E-state index in [4.69, 9.17) is 21.1 Å². The summed E-state index contributed by atoms with van der Waals surface area (Å²) in [5.74, 6) is -0.458. The Morgan fingerprint density at radius 3 is 2.74 bits per heavy atom. The molecule has 7 heteroatoms. The SMILES string of the molecule is CCOC(=O)c1cn(COCC[Si](C)(C)C)nc1Cl. The molecule has 1 heterocycles. The summed E-state index contributed by atoms with van der Waals surface area (Å²) in [6.07, 6.45) is 1.55. The first-order valence-corrected chi connectivity index (χ1v) is 10.4. The van der Waals surface area contributed by atoms with Crippen molar-refractivity contribution in [1.29, 1.82) is 0 Å². The first-order valence-electron chi connectivity index (χ1n) is 6.31. The van der Waals surface area contributed by atoms with Gasteiger partial charge in [-0.25, -0.2) is 9.48 Å². The highest BCUT2D eigenvalue weighted by Crippen LogP contribution is 2.15. The molecule has 0 aliphatic heterocycles.